The van der Waals surface area contributed by atoms with Crippen LogP contribution in [0.4, 0.5) is 5.69 Å². The van der Waals surface area contributed by atoms with Crippen molar-refractivity contribution in [1.29, 1.82) is 5.26 Å². The minimum absolute atomic E-state index is 0.0503. The Labute approximate surface area is 80.7 Å². The zero-order valence-corrected chi connectivity index (χ0v) is 7.56. The topological polar surface area (TPSA) is 76.2 Å². The Morgan fingerprint density at radius 2 is 2.36 bits per heavy atom. The summed E-state index contributed by atoms with van der Waals surface area (Å²) in [6.45, 7) is 1.56. The van der Waals surface area contributed by atoms with Crippen LogP contribution in [0.1, 0.15) is 5.56 Å². The lowest BCUT2D eigenvalue weighted by Gasteiger charge is -2.02. The molecule has 5 nitrogen and oxygen atoms in total. The summed E-state index contributed by atoms with van der Waals surface area (Å²) in [6.07, 6.45) is 0. The zero-order valence-electron chi connectivity index (χ0n) is 7.56. The van der Waals surface area contributed by atoms with Gasteiger partial charge in [-0.05, 0) is 19.1 Å². The van der Waals surface area contributed by atoms with E-state index in [0.717, 1.165) is 0 Å². The molecule has 0 aliphatic rings. The Kier molecular flexibility index (Phi) is 3.02. The van der Waals surface area contributed by atoms with Gasteiger partial charge in [-0.25, -0.2) is 0 Å². The Hall–Kier alpha value is -2.09. The molecule has 0 saturated heterocycles. The third-order valence-corrected chi connectivity index (χ3v) is 1.67. The quantitative estimate of drug-likeness (QED) is 0.540. The van der Waals surface area contributed by atoms with Crippen molar-refractivity contribution in [2.45, 2.75) is 6.92 Å². The van der Waals surface area contributed by atoms with E-state index in [-0.39, 0.29) is 12.3 Å². The van der Waals surface area contributed by atoms with E-state index in [4.69, 9.17) is 10.00 Å². The van der Waals surface area contributed by atoms with E-state index in [1.807, 2.05) is 6.07 Å². The minimum Gasteiger partial charge on any atom is -0.479 e. The summed E-state index contributed by atoms with van der Waals surface area (Å²) in [7, 11) is 0. The summed E-state index contributed by atoms with van der Waals surface area (Å²) in [5.41, 5.74) is 0.569. The Morgan fingerprint density at radius 3 is 2.86 bits per heavy atom. The van der Waals surface area contributed by atoms with Gasteiger partial charge in [0.2, 0.25) is 0 Å². The van der Waals surface area contributed by atoms with E-state index >= 15 is 0 Å². The van der Waals surface area contributed by atoms with Crippen molar-refractivity contribution < 1.29 is 9.66 Å². The van der Waals surface area contributed by atoms with Gasteiger partial charge in [0, 0.05) is 11.6 Å². The van der Waals surface area contributed by atoms with Crippen molar-refractivity contribution in [1.82, 2.24) is 0 Å². The van der Waals surface area contributed by atoms with Crippen molar-refractivity contribution in [3.63, 3.8) is 0 Å². The maximum atomic E-state index is 10.5. The van der Waals surface area contributed by atoms with E-state index in [9.17, 15) is 10.1 Å². The minimum atomic E-state index is -0.455. The number of nitro groups is 1. The fraction of sp³-hybridized carbons (Fsp3) is 0.222. The van der Waals surface area contributed by atoms with Crippen molar-refractivity contribution in [2.24, 2.45) is 0 Å². The number of nitrogens with zero attached hydrogens (tertiary/aromatic N) is 2. The van der Waals surface area contributed by atoms with Gasteiger partial charge in [-0.1, -0.05) is 0 Å². The van der Waals surface area contributed by atoms with Crippen LogP contribution in [0.3, 0.4) is 0 Å². The maximum Gasteiger partial charge on any atom is 0.272 e. The lowest BCUT2D eigenvalue weighted by molar-refractivity contribution is -0.385. The van der Waals surface area contributed by atoms with Crippen molar-refractivity contribution >= 4 is 5.69 Å². The van der Waals surface area contributed by atoms with Crippen LogP contribution >= 0.6 is 0 Å². The molecular formula is C9H8N2O3. The van der Waals surface area contributed by atoms with E-state index in [2.05, 4.69) is 0 Å². The smallest absolute Gasteiger partial charge is 0.272 e. The number of aryl methyl sites for hydroxylation is 1. The van der Waals surface area contributed by atoms with E-state index in [1.54, 1.807) is 6.92 Å². The summed E-state index contributed by atoms with van der Waals surface area (Å²) in [5.74, 6) is 0.467. The Bertz CT molecular complexity index is 396. The maximum absolute atomic E-state index is 10.5. The molecule has 0 atom stereocenters. The molecule has 0 N–H and O–H groups in total. The molecule has 0 spiro atoms. The van der Waals surface area contributed by atoms with Crippen molar-refractivity contribution in [2.75, 3.05) is 6.61 Å². The number of nitro benzene ring substituents is 1. The Balaban J connectivity index is 2.90. The normalized spacial score (nSPS) is 9.14. The van der Waals surface area contributed by atoms with E-state index < -0.39 is 4.92 Å². The Morgan fingerprint density at radius 1 is 1.64 bits per heavy atom. The van der Waals surface area contributed by atoms with Gasteiger partial charge in [0.05, 0.1) is 4.92 Å². The van der Waals surface area contributed by atoms with Gasteiger partial charge in [-0.3, -0.25) is 10.1 Å². The predicted molar refractivity (Wildman–Crippen MR) is 48.9 cm³/mol. The molecule has 72 valence electrons. The molecule has 0 aliphatic heterocycles. The summed E-state index contributed by atoms with van der Waals surface area (Å²) >= 11 is 0. The predicted octanol–water partition coefficient (Wildman–Crippen LogP) is 1.81. The number of rotatable bonds is 3. The molecule has 0 fully saturated rings. The molecule has 1 rings (SSSR count). The first kappa shape index (κ1) is 9.99. The molecule has 0 aromatic heterocycles. The largest absolute Gasteiger partial charge is 0.479 e. The molecule has 1 aromatic carbocycles. The standard InChI is InChI=1S/C9H8N2O3/c1-7-6-8(14-5-4-10)2-3-9(7)11(12)13/h2-3,6H,5H2,1H3. The third kappa shape index (κ3) is 2.20. The van der Waals surface area contributed by atoms with Crippen molar-refractivity contribution in [3.05, 3.63) is 33.9 Å². The number of benzene rings is 1. The third-order valence-electron chi connectivity index (χ3n) is 1.67. The number of ether oxygens (including phenoxy) is 1. The number of nitriles is 1. The number of hydrogen-bond donors (Lipinski definition) is 0. The SMILES string of the molecule is Cc1cc(OCC#N)ccc1[N+](=O)[O-]. The van der Waals surface area contributed by atoms with Crippen LogP contribution in [0, 0.1) is 28.4 Å². The van der Waals surface area contributed by atoms with Crippen LogP contribution in [0.15, 0.2) is 18.2 Å². The average molecular weight is 192 g/mol. The van der Waals surface area contributed by atoms with Crippen LogP contribution in [0.25, 0.3) is 0 Å². The van der Waals surface area contributed by atoms with Gasteiger partial charge in [-0.2, -0.15) is 5.26 Å². The summed E-state index contributed by atoms with van der Waals surface area (Å²) < 4.78 is 4.99. The highest BCUT2D eigenvalue weighted by atomic mass is 16.6. The molecule has 0 heterocycles. The van der Waals surface area contributed by atoms with Gasteiger partial charge in [0.1, 0.15) is 11.8 Å². The molecular weight excluding hydrogens is 184 g/mol. The fourth-order valence-electron chi connectivity index (χ4n) is 1.04. The molecule has 0 saturated carbocycles. The van der Waals surface area contributed by atoms with Crippen LogP contribution in [0.2, 0.25) is 0 Å². The molecule has 0 amide bonds. The van der Waals surface area contributed by atoms with Gasteiger partial charge in [0.25, 0.3) is 5.69 Å². The van der Waals surface area contributed by atoms with Crippen LogP contribution in [-0.4, -0.2) is 11.5 Å². The van der Waals surface area contributed by atoms with Gasteiger partial charge in [-0.15, -0.1) is 0 Å². The molecule has 1 aromatic rings. The monoisotopic (exact) mass is 192 g/mol. The summed E-state index contributed by atoms with van der Waals surface area (Å²) in [4.78, 5) is 10.0. The van der Waals surface area contributed by atoms with Gasteiger partial charge in [0.15, 0.2) is 6.61 Å². The molecule has 14 heavy (non-hydrogen) atoms. The van der Waals surface area contributed by atoms with Crippen LogP contribution in [-0.2, 0) is 0 Å². The highest BCUT2D eigenvalue weighted by Crippen LogP contribution is 2.22. The second-order valence-electron chi connectivity index (χ2n) is 2.65. The van der Waals surface area contributed by atoms with E-state index in [1.165, 1.54) is 18.2 Å². The fourth-order valence-corrected chi connectivity index (χ4v) is 1.04. The summed E-state index contributed by atoms with van der Waals surface area (Å²) in [5, 5.41) is 18.7. The molecule has 0 unspecified atom stereocenters. The number of hydrogen-bond acceptors (Lipinski definition) is 4. The lowest BCUT2D eigenvalue weighted by atomic mass is 10.2. The average Bonchev–Trinajstić information content (AvgIpc) is 2.14. The first-order valence-electron chi connectivity index (χ1n) is 3.90. The second kappa shape index (κ2) is 4.23. The lowest BCUT2D eigenvalue weighted by Crippen LogP contribution is -1.96. The second-order valence-corrected chi connectivity index (χ2v) is 2.65. The highest BCUT2D eigenvalue weighted by molar-refractivity contribution is 5.44. The van der Waals surface area contributed by atoms with Gasteiger partial charge < -0.3 is 4.74 Å². The first-order valence-corrected chi connectivity index (χ1v) is 3.90. The van der Waals surface area contributed by atoms with Crippen LogP contribution in [0.5, 0.6) is 5.75 Å². The molecule has 0 aliphatic carbocycles. The molecule has 0 radical (unpaired) electrons. The summed E-state index contributed by atoms with van der Waals surface area (Å²) in [6, 6.07) is 6.19. The molecule has 0 bridgehead atoms. The van der Waals surface area contributed by atoms with Gasteiger partial charge >= 0.3 is 0 Å². The van der Waals surface area contributed by atoms with Crippen LogP contribution < -0.4 is 4.74 Å². The van der Waals surface area contributed by atoms with Crippen molar-refractivity contribution in [3.8, 4) is 11.8 Å². The molecule has 5 heteroatoms. The zero-order chi connectivity index (χ0) is 10.6. The highest BCUT2D eigenvalue weighted by Gasteiger charge is 2.10. The van der Waals surface area contributed by atoms with E-state index in [0.29, 0.717) is 11.3 Å². The first-order chi connectivity index (χ1) is 6.65.